The van der Waals surface area contributed by atoms with Crippen LogP contribution in [0, 0.1) is 0 Å². The minimum absolute atomic E-state index is 0.417. The van der Waals surface area contributed by atoms with Crippen LogP contribution in [0.5, 0.6) is 11.8 Å². The summed E-state index contributed by atoms with van der Waals surface area (Å²) in [5, 5.41) is 3.38. The van der Waals surface area contributed by atoms with Gasteiger partial charge in [0.05, 0.1) is 20.3 Å². The third-order valence-electron chi connectivity index (χ3n) is 3.56. The molecule has 1 aromatic rings. The van der Waals surface area contributed by atoms with Gasteiger partial charge in [-0.05, 0) is 25.8 Å². The number of anilines is 1. The molecule has 1 aromatic heterocycles. The van der Waals surface area contributed by atoms with Crippen molar-refractivity contribution >= 4 is 5.95 Å². The molecule has 1 N–H and O–H groups in total. The van der Waals surface area contributed by atoms with Crippen molar-refractivity contribution in [3.63, 3.8) is 0 Å². The van der Waals surface area contributed by atoms with Gasteiger partial charge in [0.15, 0.2) is 0 Å². The van der Waals surface area contributed by atoms with Gasteiger partial charge in [-0.1, -0.05) is 6.92 Å². The molecule has 20 heavy (non-hydrogen) atoms. The van der Waals surface area contributed by atoms with E-state index in [4.69, 9.17) is 9.47 Å². The maximum absolute atomic E-state index is 5.16. The summed E-state index contributed by atoms with van der Waals surface area (Å²) < 4.78 is 10.3. The first kappa shape index (κ1) is 14.8. The van der Waals surface area contributed by atoms with Crippen LogP contribution in [0.3, 0.4) is 0 Å². The van der Waals surface area contributed by atoms with E-state index in [1.165, 1.54) is 13.0 Å². The van der Waals surface area contributed by atoms with Crippen LogP contribution in [0.25, 0.3) is 0 Å². The molecule has 0 atom stereocenters. The second kappa shape index (κ2) is 7.28. The van der Waals surface area contributed by atoms with E-state index in [2.05, 4.69) is 27.1 Å². The van der Waals surface area contributed by atoms with E-state index < -0.39 is 0 Å². The maximum atomic E-state index is 5.16. The molecule has 0 spiro atoms. The van der Waals surface area contributed by atoms with Crippen molar-refractivity contribution in [1.29, 1.82) is 0 Å². The smallest absolute Gasteiger partial charge is 0.229 e. The van der Waals surface area contributed by atoms with Crippen LogP contribution in [0.2, 0.25) is 0 Å². The summed E-state index contributed by atoms with van der Waals surface area (Å²) in [6, 6.07) is 2.09. The molecular formula is C14H24N4O2. The lowest BCUT2D eigenvalue weighted by Gasteiger charge is -2.32. The highest BCUT2D eigenvalue weighted by atomic mass is 16.5. The van der Waals surface area contributed by atoms with E-state index >= 15 is 0 Å². The lowest BCUT2D eigenvalue weighted by atomic mass is 10.1. The third kappa shape index (κ3) is 3.96. The van der Waals surface area contributed by atoms with Crippen molar-refractivity contribution in [2.24, 2.45) is 0 Å². The molecule has 6 nitrogen and oxygen atoms in total. The number of methoxy groups -OCH3 is 2. The second-order valence-electron chi connectivity index (χ2n) is 5.04. The second-order valence-corrected chi connectivity index (χ2v) is 5.04. The van der Waals surface area contributed by atoms with Gasteiger partial charge in [-0.3, -0.25) is 0 Å². The Hall–Kier alpha value is -1.56. The Balaban J connectivity index is 1.93. The lowest BCUT2D eigenvalue weighted by Crippen LogP contribution is -2.39. The van der Waals surface area contributed by atoms with Crippen LogP contribution >= 0.6 is 0 Å². The molecule has 0 aromatic carbocycles. The van der Waals surface area contributed by atoms with Crippen molar-refractivity contribution < 1.29 is 9.47 Å². The highest BCUT2D eigenvalue weighted by Gasteiger charge is 2.19. The number of nitrogens with one attached hydrogen (secondary N) is 1. The van der Waals surface area contributed by atoms with Crippen molar-refractivity contribution in [2.45, 2.75) is 32.2 Å². The fourth-order valence-electron chi connectivity index (χ4n) is 2.48. The van der Waals surface area contributed by atoms with Crippen molar-refractivity contribution in [3.05, 3.63) is 6.07 Å². The largest absolute Gasteiger partial charge is 0.481 e. The van der Waals surface area contributed by atoms with Gasteiger partial charge in [-0.2, -0.15) is 9.97 Å². The summed E-state index contributed by atoms with van der Waals surface area (Å²) in [6.45, 7) is 5.68. The first-order chi connectivity index (χ1) is 9.75. The summed E-state index contributed by atoms with van der Waals surface area (Å²) in [7, 11) is 3.18. The molecule has 1 aliphatic rings. The number of rotatable bonds is 6. The molecule has 2 rings (SSSR count). The summed E-state index contributed by atoms with van der Waals surface area (Å²) in [4.78, 5) is 11.1. The molecular weight excluding hydrogens is 256 g/mol. The van der Waals surface area contributed by atoms with Gasteiger partial charge in [-0.15, -0.1) is 0 Å². The van der Waals surface area contributed by atoms with E-state index in [9.17, 15) is 0 Å². The van der Waals surface area contributed by atoms with Gasteiger partial charge < -0.3 is 19.7 Å². The Kier molecular flexibility index (Phi) is 5.40. The van der Waals surface area contributed by atoms with Crippen molar-refractivity contribution in [3.8, 4) is 11.8 Å². The number of aromatic nitrogens is 2. The molecule has 2 heterocycles. The predicted molar refractivity (Wildman–Crippen MR) is 78.5 cm³/mol. The topological polar surface area (TPSA) is 59.5 Å². The molecule has 0 aliphatic carbocycles. The molecule has 0 bridgehead atoms. The average molecular weight is 280 g/mol. The molecule has 0 saturated carbocycles. The molecule has 1 saturated heterocycles. The van der Waals surface area contributed by atoms with Gasteiger partial charge in [-0.25, -0.2) is 0 Å². The zero-order chi connectivity index (χ0) is 14.4. The number of hydrogen-bond donors (Lipinski definition) is 1. The fourth-order valence-corrected chi connectivity index (χ4v) is 2.48. The van der Waals surface area contributed by atoms with E-state index in [0.717, 1.165) is 25.9 Å². The van der Waals surface area contributed by atoms with Gasteiger partial charge >= 0.3 is 0 Å². The number of piperidine rings is 1. The quantitative estimate of drug-likeness (QED) is 0.857. The van der Waals surface area contributed by atoms with Gasteiger partial charge in [0.25, 0.3) is 0 Å². The normalized spacial score (nSPS) is 16.9. The summed E-state index contributed by atoms with van der Waals surface area (Å²) in [5.41, 5.74) is 0. The van der Waals surface area contributed by atoms with Crippen LogP contribution in [-0.4, -0.2) is 54.8 Å². The SMILES string of the molecule is CCCN1CCC(Nc2nc(OC)cc(OC)n2)CC1. The summed E-state index contributed by atoms with van der Waals surface area (Å²) in [5.74, 6) is 1.61. The summed E-state index contributed by atoms with van der Waals surface area (Å²) >= 11 is 0. The maximum Gasteiger partial charge on any atom is 0.229 e. The van der Waals surface area contributed by atoms with Crippen LogP contribution in [-0.2, 0) is 0 Å². The number of likely N-dealkylation sites (tertiary alicyclic amines) is 1. The Bertz CT molecular complexity index is 397. The predicted octanol–water partition coefficient (Wildman–Crippen LogP) is 1.78. The zero-order valence-corrected chi connectivity index (χ0v) is 12.6. The Morgan fingerprint density at radius 2 is 1.80 bits per heavy atom. The Labute approximate surface area is 120 Å². The Morgan fingerprint density at radius 3 is 2.30 bits per heavy atom. The van der Waals surface area contributed by atoms with Gasteiger partial charge in [0.1, 0.15) is 0 Å². The molecule has 0 radical (unpaired) electrons. The molecule has 0 unspecified atom stereocenters. The van der Waals surface area contributed by atoms with Crippen molar-refractivity contribution in [2.75, 3.05) is 39.2 Å². The number of nitrogens with zero attached hydrogens (tertiary/aromatic N) is 3. The third-order valence-corrected chi connectivity index (χ3v) is 3.56. The molecule has 0 amide bonds. The van der Waals surface area contributed by atoms with E-state index in [1.54, 1.807) is 20.3 Å². The standard InChI is InChI=1S/C14H24N4O2/c1-4-7-18-8-5-11(6-9-18)15-14-16-12(19-2)10-13(17-14)20-3/h10-11H,4-9H2,1-3H3,(H,15,16,17). The first-order valence-corrected chi connectivity index (χ1v) is 7.21. The van der Waals surface area contributed by atoms with Crippen LogP contribution in [0.1, 0.15) is 26.2 Å². The molecule has 1 fully saturated rings. The lowest BCUT2D eigenvalue weighted by molar-refractivity contribution is 0.219. The fraction of sp³-hybridized carbons (Fsp3) is 0.714. The van der Waals surface area contributed by atoms with Crippen LogP contribution in [0.4, 0.5) is 5.95 Å². The summed E-state index contributed by atoms with van der Waals surface area (Å²) in [6.07, 6.45) is 3.44. The van der Waals surface area contributed by atoms with Gasteiger partial charge in [0, 0.05) is 19.1 Å². The monoisotopic (exact) mass is 280 g/mol. The first-order valence-electron chi connectivity index (χ1n) is 7.21. The highest BCUT2D eigenvalue weighted by molar-refractivity contribution is 5.34. The van der Waals surface area contributed by atoms with E-state index in [0.29, 0.717) is 23.8 Å². The minimum atomic E-state index is 0.417. The molecule has 6 heteroatoms. The molecule has 112 valence electrons. The van der Waals surface area contributed by atoms with E-state index in [-0.39, 0.29) is 0 Å². The van der Waals surface area contributed by atoms with Crippen molar-refractivity contribution in [1.82, 2.24) is 14.9 Å². The molecule has 1 aliphatic heterocycles. The highest BCUT2D eigenvalue weighted by Crippen LogP contribution is 2.20. The van der Waals surface area contributed by atoms with E-state index in [1.807, 2.05) is 0 Å². The number of hydrogen-bond acceptors (Lipinski definition) is 6. The Morgan fingerprint density at radius 1 is 1.20 bits per heavy atom. The van der Waals surface area contributed by atoms with Gasteiger partial charge in [0.2, 0.25) is 17.7 Å². The number of ether oxygens (including phenoxy) is 2. The zero-order valence-electron chi connectivity index (χ0n) is 12.6. The van der Waals surface area contributed by atoms with Crippen LogP contribution < -0.4 is 14.8 Å². The minimum Gasteiger partial charge on any atom is -0.481 e. The average Bonchev–Trinajstić information content (AvgIpc) is 2.49. The van der Waals surface area contributed by atoms with Crippen LogP contribution in [0.15, 0.2) is 6.07 Å².